The molecule has 0 radical (unpaired) electrons. The first-order chi connectivity index (χ1) is 11.5. The van der Waals surface area contributed by atoms with E-state index in [1.165, 1.54) is 11.3 Å². The van der Waals surface area contributed by atoms with Gasteiger partial charge in [-0.05, 0) is 27.0 Å². The van der Waals surface area contributed by atoms with Gasteiger partial charge in [0.25, 0.3) is 5.91 Å². The van der Waals surface area contributed by atoms with Crippen molar-refractivity contribution in [2.24, 2.45) is 0 Å². The van der Waals surface area contributed by atoms with Gasteiger partial charge in [0.05, 0.1) is 24.9 Å². The van der Waals surface area contributed by atoms with Gasteiger partial charge in [-0.25, -0.2) is 4.98 Å². The van der Waals surface area contributed by atoms with Gasteiger partial charge in [-0.2, -0.15) is 5.10 Å². The van der Waals surface area contributed by atoms with Gasteiger partial charge in [0.1, 0.15) is 6.54 Å². The van der Waals surface area contributed by atoms with E-state index in [0.29, 0.717) is 18.3 Å². The first-order valence-electron chi connectivity index (χ1n) is 8.04. The van der Waals surface area contributed by atoms with Gasteiger partial charge >= 0.3 is 0 Å². The minimum Gasteiger partial charge on any atom is -0.374 e. The Bertz CT molecular complexity index is 685. The second-order valence-electron chi connectivity index (χ2n) is 6.16. The van der Waals surface area contributed by atoms with Gasteiger partial charge in [-0.1, -0.05) is 0 Å². The van der Waals surface area contributed by atoms with E-state index in [-0.39, 0.29) is 18.6 Å². The lowest BCUT2D eigenvalue weighted by molar-refractivity contribution is -0.120. The van der Waals surface area contributed by atoms with Crippen LogP contribution in [0.2, 0.25) is 0 Å². The molecule has 0 aliphatic carbocycles. The third-order valence-corrected chi connectivity index (χ3v) is 4.86. The summed E-state index contributed by atoms with van der Waals surface area (Å²) < 4.78 is 7.57. The van der Waals surface area contributed by atoms with Crippen molar-refractivity contribution in [3.63, 3.8) is 0 Å². The zero-order valence-corrected chi connectivity index (χ0v) is 15.1. The molecule has 1 aliphatic rings. The number of anilines is 1. The van der Waals surface area contributed by atoms with E-state index in [1.54, 1.807) is 15.8 Å². The summed E-state index contributed by atoms with van der Waals surface area (Å²) in [6.45, 7) is 7.04. The first kappa shape index (κ1) is 17.1. The van der Waals surface area contributed by atoms with E-state index in [0.717, 1.165) is 24.5 Å². The molecule has 0 saturated carbocycles. The standard InChI is InChI=1S/C16H23N5O2S/c1-12-8-13(2)21(18-12)11-15(22)20(16-17-4-7-24-16)10-14-9-19(3)5-6-23-14/h4,7-8,14H,5-6,9-11H2,1-3H3/t14-/m1/s1. The van der Waals surface area contributed by atoms with Gasteiger partial charge in [0.15, 0.2) is 5.13 Å². The molecule has 0 aromatic carbocycles. The number of aryl methyl sites for hydroxylation is 2. The van der Waals surface area contributed by atoms with Crippen molar-refractivity contribution in [1.82, 2.24) is 19.7 Å². The maximum absolute atomic E-state index is 12.9. The summed E-state index contributed by atoms with van der Waals surface area (Å²) in [5, 5.41) is 6.97. The number of hydrogen-bond acceptors (Lipinski definition) is 6. The SMILES string of the molecule is Cc1cc(C)n(CC(=O)N(C[C@H]2CN(C)CCO2)c2nccs2)n1. The Morgan fingerprint density at radius 1 is 1.50 bits per heavy atom. The Hall–Kier alpha value is -1.77. The number of thiazole rings is 1. The summed E-state index contributed by atoms with van der Waals surface area (Å²) >= 11 is 1.46. The van der Waals surface area contributed by atoms with Crippen molar-refractivity contribution in [1.29, 1.82) is 0 Å². The monoisotopic (exact) mass is 349 g/mol. The lowest BCUT2D eigenvalue weighted by atomic mass is 10.2. The highest BCUT2D eigenvalue weighted by Crippen LogP contribution is 2.20. The first-order valence-corrected chi connectivity index (χ1v) is 8.92. The Morgan fingerprint density at radius 2 is 2.33 bits per heavy atom. The van der Waals surface area contributed by atoms with Crippen LogP contribution in [0.3, 0.4) is 0 Å². The molecule has 1 fully saturated rings. The average Bonchev–Trinajstić information content (AvgIpc) is 3.15. The fraction of sp³-hybridized carbons (Fsp3) is 0.562. The van der Waals surface area contributed by atoms with Crippen LogP contribution in [0.25, 0.3) is 0 Å². The molecule has 7 nitrogen and oxygen atoms in total. The summed E-state index contributed by atoms with van der Waals surface area (Å²) in [5.41, 5.74) is 1.90. The summed E-state index contributed by atoms with van der Waals surface area (Å²) in [6.07, 6.45) is 1.72. The number of aromatic nitrogens is 3. The number of carbonyl (C=O) groups is 1. The Labute approximate surface area is 145 Å². The van der Waals surface area contributed by atoms with Gasteiger partial charge in [0, 0.05) is 30.4 Å². The third-order valence-electron chi connectivity index (χ3n) is 4.07. The number of amides is 1. The number of ether oxygens (including phenoxy) is 1. The smallest absolute Gasteiger partial charge is 0.250 e. The quantitative estimate of drug-likeness (QED) is 0.815. The van der Waals surface area contributed by atoms with Crippen LogP contribution >= 0.6 is 11.3 Å². The van der Waals surface area contributed by atoms with Crippen molar-refractivity contribution in [2.75, 3.05) is 38.2 Å². The summed E-state index contributed by atoms with van der Waals surface area (Å²) in [7, 11) is 2.07. The lowest BCUT2D eigenvalue weighted by Gasteiger charge is -2.33. The summed E-state index contributed by atoms with van der Waals surface area (Å²) in [5.74, 6) is -0.0204. The van der Waals surface area contributed by atoms with Crippen molar-refractivity contribution in [3.05, 3.63) is 29.0 Å². The Morgan fingerprint density at radius 3 is 2.96 bits per heavy atom. The van der Waals surface area contributed by atoms with E-state index < -0.39 is 0 Å². The lowest BCUT2D eigenvalue weighted by Crippen LogP contribution is -2.48. The highest BCUT2D eigenvalue weighted by molar-refractivity contribution is 7.13. The normalized spacial score (nSPS) is 18.7. The maximum Gasteiger partial charge on any atom is 0.250 e. The van der Waals surface area contributed by atoms with Gasteiger partial charge in [0.2, 0.25) is 0 Å². The molecular weight excluding hydrogens is 326 g/mol. The van der Waals surface area contributed by atoms with Gasteiger partial charge in [-0.15, -0.1) is 11.3 Å². The van der Waals surface area contributed by atoms with E-state index in [2.05, 4.69) is 22.0 Å². The number of carbonyl (C=O) groups excluding carboxylic acids is 1. The third kappa shape index (κ3) is 4.00. The zero-order valence-electron chi connectivity index (χ0n) is 14.3. The van der Waals surface area contributed by atoms with Crippen LogP contribution in [-0.2, 0) is 16.1 Å². The molecule has 0 bridgehead atoms. The van der Waals surface area contributed by atoms with Gasteiger partial charge in [-0.3, -0.25) is 14.4 Å². The second kappa shape index (κ2) is 7.42. The zero-order chi connectivity index (χ0) is 17.1. The number of rotatable bonds is 5. The Balaban J connectivity index is 1.74. The summed E-state index contributed by atoms with van der Waals surface area (Å²) in [6, 6.07) is 1.97. The van der Waals surface area contributed by atoms with Crippen LogP contribution < -0.4 is 4.90 Å². The van der Waals surface area contributed by atoms with Crippen LogP contribution in [0.5, 0.6) is 0 Å². The molecule has 8 heteroatoms. The maximum atomic E-state index is 12.9. The van der Waals surface area contributed by atoms with Crippen LogP contribution in [0.15, 0.2) is 17.6 Å². The van der Waals surface area contributed by atoms with E-state index >= 15 is 0 Å². The molecule has 2 aromatic heterocycles. The number of morpholine rings is 1. The van der Waals surface area contributed by atoms with Gasteiger partial charge < -0.3 is 9.64 Å². The van der Waals surface area contributed by atoms with Crippen LogP contribution in [0, 0.1) is 13.8 Å². The van der Waals surface area contributed by atoms with Crippen LogP contribution in [-0.4, -0.2) is 65.0 Å². The molecule has 0 N–H and O–H groups in total. The number of hydrogen-bond donors (Lipinski definition) is 0. The van der Waals surface area contributed by atoms with Crippen molar-refractivity contribution < 1.29 is 9.53 Å². The van der Waals surface area contributed by atoms with Crippen molar-refractivity contribution in [2.45, 2.75) is 26.5 Å². The number of likely N-dealkylation sites (N-methyl/N-ethyl adjacent to an activating group) is 1. The Kier molecular flexibility index (Phi) is 5.27. The van der Waals surface area contributed by atoms with E-state index in [1.807, 2.05) is 25.3 Å². The van der Waals surface area contributed by atoms with E-state index in [9.17, 15) is 4.79 Å². The fourth-order valence-corrected chi connectivity index (χ4v) is 3.53. The second-order valence-corrected chi connectivity index (χ2v) is 7.03. The predicted molar refractivity (Wildman–Crippen MR) is 93.4 cm³/mol. The molecule has 130 valence electrons. The molecule has 1 aliphatic heterocycles. The molecule has 3 heterocycles. The minimum absolute atomic E-state index is 0.00273. The largest absolute Gasteiger partial charge is 0.374 e. The topological polar surface area (TPSA) is 63.5 Å². The van der Waals surface area contributed by atoms with Crippen molar-refractivity contribution in [3.8, 4) is 0 Å². The van der Waals surface area contributed by atoms with Crippen molar-refractivity contribution >= 4 is 22.4 Å². The highest BCUT2D eigenvalue weighted by atomic mass is 32.1. The summed E-state index contributed by atoms with van der Waals surface area (Å²) in [4.78, 5) is 21.2. The highest BCUT2D eigenvalue weighted by Gasteiger charge is 2.26. The molecule has 1 amide bonds. The number of nitrogens with zero attached hydrogens (tertiary/aromatic N) is 5. The minimum atomic E-state index is -0.0204. The molecule has 3 rings (SSSR count). The molecule has 0 unspecified atom stereocenters. The molecule has 1 saturated heterocycles. The predicted octanol–water partition coefficient (Wildman–Crippen LogP) is 1.32. The molecule has 1 atom stereocenters. The fourth-order valence-electron chi connectivity index (χ4n) is 2.87. The molecular formula is C16H23N5O2S. The van der Waals surface area contributed by atoms with E-state index in [4.69, 9.17) is 4.74 Å². The van der Waals surface area contributed by atoms with Crippen LogP contribution in [0.4, 0.5) is 5.13 Å². The molecule has 0 spiro atoms. The average molecular weight is 349 g/mol. The van der Waals surface area contributed by atoms with Crippen LogP contribution in [0.1, 0.15) is 11.4 Å². The molecule has 2 aromatic rings. The molecule has 24 heavy (non-hydrogen) atoms.